The van der Waals surface area contributed by atoms with Crippen LogP contribution < -0.4 is 10.2 Å². The van der Waals surface area contributed by atoms with Crippen LogP contribution >= 0.6 is 0 Å². The molecule has 1 aromatic heterocycles. The van der Waals surface area contributed by atoms with Gasteiger partial charge in [-0.15, -0.1) is 0 Å². The Kier molecular flexibility index (Phi) is 4.14. The van der Waals surface area contributed by atoms with E-state index >= 15 is 0 Å². The number of phenols is 1. The molecule has 0 spiro atoms. The van der Waals surface area contributed by atoms with Crippen molar-refractivity contribution in [3.8, 4) is 22.6 Å². The molecule has 5 N–H and O–H groups in total. The first-order valence-electron chi connectivity index (χ1n) is 9.27. The molecule has 0 saturated carbocycles. The second kappa shape index (κ2) is 6.53. The lowest BCUT2D eigenvalue weighted by molar-refractivity contribution is -0.330. The van der Waals surface area contributed by atoms with E-state index in [1.165, 1.54) is 30.5 Å². The van der Waals surface area contributed by atoms with E-state index < -0.39 is 36.8 Å². The summed E-state index contributed by atoms with van der Waals surface area (Å²) in [4.78, 5) is 13.1. The number of aliphatic hydroxyl groups excluding tert-OH is 3. The van der Waals surface area contributed by atoms with Gasteiger partial charge in [-0.05, 0) is 29.8 Å². The molecule has 0 aliphatic carbocycles. The lowest BCUT2D eigenvalue weighted by Crippen LogP contribution is -2.63. The highest BCUT2D eigenvalue weighted by Gasteiger charge is 2.62. The Labute approximate surface area is 169 Å². The molecule has 1 fully saturated rings. The third kappa shape index (κ3) is 2.51. The van der Waals surface area contributed by atoms with Gasteiger partial charge in [-0.2, -0.15) is 0 Å². The van der Waals surface area contributed by atoms with Crippen LogP contribution in [0.4, 0.5) is 0 Å². The monoisotopic (exact) mass is 414 g/mol. The third-order valence-electron chi connectivity index (χ3n) is 5.65. The molecule has 0 amide bonds. The summed E-state index contributed by atoms with van der Waals surface area (Å²) in [7, 11) is 0. The summed E-state index contributed by atoms with van der Waals surface area (Å²) in [6.07, 6.45) is -4.55. The number of aliphatic hydroxyl groups is 4. The van der Waals surface area contributed by atoms with Crippen LogP contribution in [0.2, 0.25) is 0 Å². The summed E-state index contributed by atoms with van der Waals surface area (Å²) in [5.41, 5.74) is 0.764. The normalized spacial score (nSPS) is 30.0. The Hall–Kier alpha value is -2.95. The number of benzene rings is 2. The van der Waals surface area contributed by atoms with Gasteiger partial charge in [0.2, 0.25) is 5.43 Å². The van der Waals surface area contributed by atoms with Crippen molar-refractivity contribution in [2.75, 3.05) is 6.61 Å². The first-order chi connectivity index (χ1) is 14.3. The van der Waals surface area contributed by atoms with Gasteiger partial charge in [-0.25, -0.2) is 0 Å². The van der Waals surface area contributed by atoms with Crippen LogP contribution in [0.25, 0.3) is 22.1 Å². The van der Waals surface area contributed by atoms with E-state index in [0.717, 1.165) is 0 Å². The molecule has 5 atom stereocenters. The summed E-state index contributed by atoms with van der Waals surface area (Å²) in [6, 6.07) is 8.98. The molecule has 3 aromatic rings. The number of aromatic hydroxyl groups is 1. The fourth-order valence-corrected chi connectivity index (χ4v) is 4.05. The molecule has 9 nitrogen and oxygen atoms in total. The molecule has 3 heterocycles. The molecular weight excluding hydrogens is 396 g/mol. The molecule has 30 heavy (non-hydrogen) atoms. The average Bonchev–Trinajstić information content (AvgIpc) is 3.05. The third-order valence-corrected chi connectivity index (χ3v) is 5.65. The van der Waals surface area contributed by atoms with E-state index in [2.05, 4.69) is 0 Å². The van der Waals surface area contributed by atoms with Crippen LogP contribution in [0.1, 0.15) is 11.7 Å². The van der Waals surface area contributed by atoms with Crippen LogP contribution in [0.15, 0.2) is 51.9 Å². The van der Waals surface area contributed by atoms with Gasteiger partial charge in [-0.3, -0.25) is 4.79 Å². The minimum absolute atomic E-state index is 0.0619. The van der Waals surface area contributed by atoms with Crippen LogP contribution in [0.5, 0.6) is 11.5 Å². The number of ether oxygens (including phenoxy) is 2. The Morgan fingerprint density at radius 2 is 1.80 bits per heavy atom. The fraction of sp³-hybridized carbons (Fsp3) is 0.286. The first kappa shape index (κ1) is 19.0. The molecule has 0 radical (unpaired) electrons. The smallest absolute Gasteiger partial charge is 0.267 e. The van der Waals surface area contributed by atoms with Crippen molar-refractivity contribution in [2.45, 2.75) is 30.2 Å². The van der Waals surface area contributed by atoms with Crippen molar-refractivity contribution < 1.29 is 39.4 Å². The van der Waals surface area contributed by atoms with E-state index in [9.17, 15) is 30.3 Å². The zero-order valence-electron chi connectivity index (χ0n) is 15.4. The average molecular weight is 414 g/mol. The van der Waals surface area contributed by atoms with Crippen molar-refractivity contribution in [1.29, 1.82) is 0 Å². The number of rotatable bonds is 2. The molecule has 1 saturated heterocycles. The number of hydrogen-bond acceptors (Lipinski definition) is 9. The first-order valence-corrected chi connectivity index (χ1v) is 9.27. The quantitative estimate of drug-likeness (QED) is 0.401. The Bertz CT molecular complexity index is 1190. The van der Waals surface area contributed by atoms with Crippen LogP contribution in [-0.2, 0) is 4.74 Å². The summed E-state index contributed by atoms with van der Waals surface area (Å²) >= 11 is 0. The topological polar surface area (TPSA) is 150 Å². The Morgan fingerprint density at radius 3 is 2.50 bits per heavy atom. The highest BCUT2D eigenvalue weighted by atomic mass is 16.7. The molecule has 156 valence electrons. The second-order valence-corrected chi connectivity index (χ2v) is 7.41. The van der Waals surface area contributed by atoms with Gasteiger partial charge in [0.05, 0.1) is 23.1 Å². The molecule has 2 aliphatic heterocycles. The second-order valence-electron chi connectivity index (χ2n) is 7.41. The van der Waals surface area contributed by atoms with Crippen molar-refractivity contribution in [2.24, 2.45) is 0 Å². The summed E-state index contributed by atoms with van der Waals surface area (Å²) in [5, 5.41) is 50.5. The van der Waals surface area contributed by atoms with Crippen LogP contribution in [-0.4, -0.2) is 56.2 Å². The SMILES string of the molecule is O=c1c(-c2ccc(O)cc2)coc2c3c(ccc12)OC1(O)C(O)[C@H](O)[C@@H](CO)O[C@@H]31. The van der Waals surface area contributed by atoms with Crippen molar-refractivity contribution in [3.63, 3.8) is 0 Å². The zero-order valence-corrected chi connectivity index (χ0v) is 15.4. The maximum Gasteiger partial charge on any atom is 0.267 e. The molecule has 2 unspecified atom stereocenters. The van der Waals surface area contributed by atoms with Gasteiger partial charge in [-0.1, -0.05) is 12.1 Å². The molecule has 2 aromatic carbocycles. The number of phenolic OH excluding ortho intramolecular Hbond substituents is 1. The zero-order chi connectivity index (χ0) is 21.2. The number of fused-ring (bicyclic) bond motifs is 5. The van der Waals surface area contributed by atoms with E-state index in [-0.39, 0.29) is 39.0 Å². The largest absolute Gasteiger partial charge is 0.508 e. The van der Waals surface area contributed by atoms with Gasteiger partial charge in [0.15, 0.2) is 12.2 Å². The highest BCUT2D eigenvalue weighted by molar-refractivity contribution is 5.86. The van der Waals surface area contributed by atoms with E-state index in [1.54, 1.807) is 12.1 Å². The number of hydrogen-bond donors (Lipinski definition) is 5. The maximum absolute atomic E-state index is 13.1. The molecule has 9 heteroatoms. The fourth-order valence-electron chi connectivity index (χ4n) is 4.05. The predicted octanol–water partition coefficient (Wildman–Crippen LogP) is 0.401. The van der Waals surface area contributed by atoms with Crippen molar-refractivity contribution in [3.05, 3.63) is 58.4 Å². The van der Waals surface area contributed by atoms with Gasteiger partial charge >= 0.3 is 0 Å². The molecule has 0 bridgehead atoms. The Morgan fingerprint density at radius 1 is 1.07 bits per heavy atom. The maximum atomic E-state index is 13.1. The van der Waals surface area contributed by atoms with Gasteiger partial charge in [0.1, 0.15) is 35.6 Å². The highest BCUT2D eigenvalue weighted by Crippen LogP contribution is 2.52. The van der Waals surface area contributed by atoms with Crippen molar-refractivity contribution >= 4 is 11.0 Å². The van der Waals surface area contributed by atoms with Crippen LogP contribution in [0.3, 0.4) is 0 Å². The summed E-state index contributed by atoms with van der Waals surface area (Å²) in [5.74, 6) is -2.12. The van der Waals surface area contributed by atoms with Crippen LogP contribution in [0, 0.1) is 0 Å². The predicted molar refractivity (Wildman–Crippen MR) is 102 cm³/mol. The lowest BCUT2D eigenvalue weighted by atomic mass is 9.89. The van der Waals surface area contributed by atoms with E-state index in [1.807, 2.05) is 0 Å². The van der Waals surface area contributed by atoms with E-state index in [4.69, 9.17) is 13.9 Å². The molecular formula is C21H18O9. The lowest BCUT2D eigenvalue weighted by Gasteiger charge is -2.43. The van der Waals surface area contributed by atoms with Gasteiger partial charge < -0.3 is 39.4 Å². The molecule has 2 aliphatic rings. The van der Waals surface area contributed by atoms with Gasteiger partial charge in [0.25, 0.3) is 5.79 Å². The Balaban J connectivity index is 1.68. The van der Waals surface area contributed by atoms with E-state index in [0.29, 0.717) is 5.56 Å². The van der Waals surface area contributed by atoms with Gasteiger partial charge in [0, 0.05) is 0 Å². The molecule has 5 rings (SSSR count). The van der Waals surface area contributed by atoms with Crippen molar-refractivity contribution in [1.82, 2.24) is 0 Å². The minimum Gasteiger partial charge on any atom is -0.508 e. The summed E-state index contributed by atoms with van der Waals surface area (Å²) < 4.78 is 16.9. The minimum atomic E-state index is -2.31. The summed E-state index contributed by atoms with van der Waals surface area (Å²) in [6.45, 7) is -0.597. The standard InChI is InChI=1S/C21H18O9/c22-7-14-17(25)19(26)21(27)20(29-14)15-13(30-21)6-5-11-16(24)12(8-28-18(11)15)9-1-3-10(23)4-2-9/h1-6,8,14,17,19-20,22-23,25-27H,7H2/t14-,17-,19?,20+,21?/m1/s1.